The highest BCUT2D eigenvalue weighted by molar-refractivity contribution is 7.92. The molecule has 1 atom stereocenters. The Labute approximate surface area is 195 Å². The molecule has 2 aromatic rings. The van der Waals surface area contributed by atoms with Crippen LogP contribution < -0.4 is 9.62 Å². The molecule has 33 heavy (non-hydrogen) atoms. The van der Waals surface area contributed by atoms with Crippen molar-refractivity contribution in [3.05, 3.63) is 66.0 Å². The fourth-order valence-corrected chi connectivity index (χ4v) is 4.19. The van der Waals surface area contributed by atoms with Crippen molar-refractivity contribution in [2.75, 3.05) is 23.7 Å². The van der Waals surface area contributed by atoms with Gasteiger partial charge in [0.25, 0.3) is 0 Å². The first-order valence-corrected chi connectivity index (χ1v) is 12.7. The van der Waals surface area contributed by atoms with Gasteiger partial charge in [0.05, 0.1) is 11.9 Å². The number of anilines is 1. The maximum atomic E-state index is 13.5. The number of sulfonamides is 1. The van der Waals surface area contributed by atoms with Crippen molar-refractivity contribution in [1.82, 2.24) is 10.2 Å². The third-order valence-corrected chi connectivity index (χ3v) is 6.20. The summed E-state index contributed by atoms with van der Waals surface area (Å²) >= 11 is 0. The third-order valence-electron chi connectivity index (χ3n) is 5.06. The molecule has 0 aliphatic carbocycles. The fraction of sp³-hybridized carbons (Fsp3) is 0.417. The normalized spacial score (nSPS) is 12.3. The number of hydrogen-bond acceptors (Lipinski definition) is 4. The molecule has 7 nitrogen and oxygen atoms in total. The minimum absolute atomic E-state index is 0.147. The maximum Gasteiger partial charge on any atom is 0.244 e. The van der Waals surface area contributed by atoms with Crippen molar-refractivity contribution < 1.29 is 22.4 Å². The lowest BCUT2D eigenvalue weighted by atomic mass is 10.1. The van der Waals surface area contributed by atoms with E-state index in [1.807, 2.05) is 44.2 Å². The van der Waals surface area contributed by atoms with Crippen molar-refractivity contribution in [3.63, 3.8) is 0 Å². The number of amides is 2. The summed E-state index contributed by atoms with van der Waals surface area (Å²) in [6.45, 7) is 5.86. The summed E-state index contributed by atoms with van der Waals surface area (Å²) in [6, 6.07) is 13.3. The Bertz CT molecular complexity index is 1030. The monoisotopic (exact) mass is 477 g/mol. The Morgan fingerprint density at radius 3 is 2.15 bits per heavy atom. The average Bonchev–Trinajstić information content (AvgIpc) is 2.76. The molecule has 0 saturated carbocycles. The number of nitrogens with zero attached hydrogens (tertiary/aromatic N) is 2. The second-order valence-corrected chi connectivity index (χ2v) is 10.2. The van der Waals surface area contributed by atoms with Crippen LogP contribution in [0, 0.1) is 11.7 Å². The van der Waals surface area contributed by atoms with Crippen LogP contribution in [0.25, 0.3) is 0 Å². The van der Waals surface area contributed by atoms with E-state index in [0.29, 0.717) is 13.0 Å². The first kappa shape index (κ1) is 26.3. The van der Waals surface area contributed by atoms with Crippen LogP contribution in [0.1, 0.15) is 32.8 Å². The van der Waals surface area contributed by atoms with Crippen LogP contribution in [-0.4, -0.2) is 50.5 Å². The second kappa shape index (κ2) is 11.8. The van der Waals surface area contributed by atoms with Crippen LogP contribution in [-0.2, 0) is 26.2 Å². The number of carbonyl (C=O) groups is 2. The van der Waals surface area contributed by atoms with Crippen molar-refractivity contribution in [3.8, 4) is 0 Å². The van der Waals surface area contributed by atoms with Gasteiger partial charge in [0.15, 0.2) is 0 Å². The zero-order valence-electron chi connectivity index (χ0n) is 19.5. The van der Waals surface area contributed by atoms with Gasteiger partial charge in [-0.2, -0.15) is 0 Å². The Morgan fingerprint density at radius 2 is 1.64 bits per heavy atom. The molecule has 9 heteroatoms. The van der Waals surface area contributed by atoms with Gasteiger partial charge in [-0.1, -0.05) is 51.1 Å². The molecule has 0 spiro atoms. The molecular formula is C24H32FN3O4S. The van der Waals surface area contributed by atoms with Gasteiger partial charge in [-0.25, -0.2) is 12.8 Å². The largest absolute Gasteiger partial charge is 0.354 e. The summed E-state index contributed by atoms with van der Waals surface area (Å²) < 4.78 is 39.2. The van der Waals surface area contributed by atoms with Crippen molar-refractivity contribution in [1.29, 1.82) is 0 Å². The molecule has 0 heterocycles. The van der Waals surface area contributed by atoms with Crippen LogP contribution in [0.15, 0.2) is 54.6 Å². The highest BCUT2D eigenvalue weighted by atomic mass is 32.2. The molecule has 180 valence electrons. The van der Waals surface area contributed by atoms with Gasteiger partial charge in [0.1, 0.15) is 18.4 Å². The minimum atomic E-state index is -3.84. The zero-order chi connectivity index (χ0) is 24.6. The van der Waals surface area contributed by atoms with E-state index in [0.717, 1.165) is 28.3 Å². The summed E-state index contributed by atoms with van der Waals surface area (Å²) in [4.78, 5) is 27.8. The summed E-state index contributed by atoms with van der Waals surface area (Å²) in [5, 5.41) is 2.87. The molecular weight excluding hydrogens is 445 g/mol. The molecule has 0 radical (unpaired) electrons. The van der Waals surface area contributed by atoms with E-state index < -0.39 is 34.3 Å². The number of nitrogens with one attached hydrogen (secondary N) is 1. The number of benzene rings is 2. The SMILES string of the molecule is CCC(C(=O)NCC(C)C)N(Cc1ccccc1)C(=O)CN(c1ccc(F)cc1)S(C)(=O)=O. The molecule has 0 bridgehead atoms. The average molecular weight is 478 g/mol. The Balaban J connectivity index is 2.37. The van der Waals surface area contributed by atoms with Crippen molar-refractivity contribution >= 4 is 27.5 Å². The van der Waals surface area contributed by atoms with E-state index >= 15 is 0 Å². The van der Waals surface area contributed by atoms with Crippen LogP contribution in [0.4, 0.5) is 10.1 Å². The highest BCUT2D eigenvalue weighted by Crippen LogP contribution is 2.20. The lowest BCUT2D eigenvalue weighted by Crippen LogP contribution is -2.52. The van der Waals surface area contributed by atoms with E-state index in [1.54, 1.807) is 6.92 Å². The molecule has 2 amide bonds. The first-order chi connectivity index (χ1) is 15.5. The smallest absolute Gasteiger partial charge is 0.244 e. The van der Waals surface area contributed by atoms with Gasteiger partial charge in [-0.15, -0.1) is 0 Å². The predicted octanol–water partition coefficient (Wildman–Crippen LogP) is 3.17. The Kier molecular flexibility index (Phi) is 9.40. The van der Waals surface area contributed by atoms with Crippen LogP contribution in [0.2, 0.25) is 0 Å². The minimum Gasteiger partial charge on any atom is -0.354 e. The van der Waals surface area contributed by atoms with E-state index in [4.69, 9.17) is 0 Å². The van der Waals surface area contributed by atoms with Crippen molar-refractivity contribution in [2.45, 2.75) is 39.8 Å². The van der Waals surface area contributed by atoms with Gasteiger partial charge >= 0.3 is 0 Å². The van der Waals surface area contributed by atoms with Gasteiger partial charge in [-0.05, 0) is 42.2 Å². The Morgan fingerprint density at radius 1 is 1.03 bits per heavy atom. The van der Waals surface area contributed by atoms with Gasteiger partial charge in [0.2, 0.25) is 21.8 Å². The first-order valence-electron chi connectivity index (χ1n) is 10.9. The Hall–Kier alpha value is -2.94. The number of halogens is 1. The zero-order valence-corrected chi connectivity index (χ0v) is 20.3. The topological polar surface area (TPSA) is 86.8 Å². The number of hydrogen-bond donors (Lipinski definition) is 1. The molecule has 0 aliphatic heterocycles. The number of carbonyl (C=O) groups excluding carboxylic acids is 2. The third kappa shape index (κ3) is 7.85. The second-order valence-electron chi connectivity index (χ2n) is 8.32. The van der Waals surface area contributed by atoms with Gasteiger partial charge < -0.3 is 10.2 Å². The molecule has 0 saturated heterocycles. The summed E-state index contributed by atoms with van der Waals surface area (Å²) in [7, 11) is -3.84. The highest BCUT2D eigenvalue weighted by Gasteiger charge is 2.31. The van der Waals surface area contributed by atoms with E-state index in [9.17, 15) is 22.4 Å². The van der Waals surface area contributed by atoms with E-state index in [-0.39, 0.29) is 24.1 Å². The van der Waals surface area contributed by atoms with E-state index in [1.165, 1.54) is 17.0 Å². The summed E-state index contributed by atoms with van der Waals surface area (Å²) in [6.07, 6.45) is 1.34. The van der Waals surface area contributed by atoms with Crippen LogP contribution in [0.3, 0.4) is 0 Å². The van der Waals surface area contributed by atoms with E-state index in [2.05, 4.69) is 5.32 Å². The molecule has 1 N–H and O–H groups in total. The summed E-state index contributed by atoms with van der Waals surface area (Å²) in [5.74, 6) is -1.09. The van der Waals surface area contributed by atoms with Crippen molar-refractivity contribution in [2.24, 2.45) is 5.92 Å². The predicted molar refractivity (Wildman–Crippen MR) is 128 cm³/mol. The number of rotatable bonds is 11. The van der Waals surface area contributed by atoms with Crippen LogP contribution in [0.5, 0.6) is 0 Å². The fourth-order valence-electron chi connectivity index (χ4n) is 3.34. The maximum absolute atomic E-state index is 13.5. The molecule has 2 rings (SSSR count). The molecule has 0 aliphatic rings. The lowest BCUT2D eigenvalue weighted by molar-refractivity contribution is -0.140. The van der Waals surface area contributed by atoms with Gasteiger partial charge in [-0.3, -0.25) is 13.9 Å². The van der Waals surface area contributed by atoms with Gasteiger partial charge in [0, 0.05) is 13.1 Å². The molecule has 1 unspecified atom stereocenters. The van der Waals surface area contributed by atoms with Crippen LogP contribution >= 0.6 is 0 Å². The standard InChI is InChI=1S/C24H32FN3O4S/c1-5-22(24(30)26-15-18(2)3)27(16-19-9-7-6-8-10-19)23(29)17-28(33(4,31)32)21-13-11-20(25)12-14-21/h6-14,18,22H,5,15-17H2,1-4H3,(H,26,30). The molecule has 0 fully saturated rings. The molecule has 2 aromatic carbocycles. The quantitative estimate of drug-likeness (QED) is 0.539. The lowest BCUT2D eigenvalue weighted by Gasteiger charge is -2.33. The summed E-state index contributed by atoms with van der Waals surface area (Å²) in [5.41, 5.74) is 0.984. The molecule has 0 aromatic heterocycles.